The summed E-state index contributed by atoms with van der Waals surface area (Å²) < 4.78 is 0. The van der Waals surface area contributed by atoms with Crippen molar-refractivity contribution in [2.75, 3.05) is 51.7 Å². The Hall–Kier alpha value is -3.06. The first-order chi connectivity index (χ1) is 15.1. The SMILES string of the molecule is CN1CCN(C(=O)CN(C)c2nc(-c3cc4ccccc4cn3)nc3c2CCC3)CC1. The standard InChI is InChI=1S/C24H28N6O/c1-28-10-12-30(13-11-28)22(31)16-29(2)24-19-8-5-9-20(19)26-23(27-24)21-14-17-6-3-4-7-18(17)15-25-21/h3-4,6-7,14-15H,5,8-13,16H2,1-2H3. The predicted molar refractivity (Wildman–Crippen MR) is 122 cm³/mol. The molecule has 0 bridgehead atoms. The van der Waals surface area contributed by atoms with Crippen molar-refractivity contribution in [3.8, 4) is 11.5 Å². The van der Waals surface area contributed by atoms with Crippen LogP contribution < -0.4 is 4.90 Å². The lowest BCUT2D eigenvalue weighted by molar-refractivity contribution is -0.131. The lowest BCUT2D eigenvalue weighted by Gasteiger charge is -2.33. The number of piperazine rings is 1. The molecule has 0 atom stereocenters. The van der Waals surface area contributed by atoms with Crippen LogP contribution in [0.25, 0.3) is 22.3 Å². The van der Waals surface area contributed by atoms with Crippen LogP contribution in [0.5, 0.6) is 0 Å². The molecule has 0 spiro atoms. The van der Waals surface area contributed by atoms with Crippen LogP contribution in [-0.4, -0.2) is 77.5 Å². The molecule has 1 aliphatic carbocycles. The molecule has 1 aliphatic heterocycles. The highest BCUT2D eigenvalue weighted by Crippen LogP contribution is 2.31. The number of benzene rings is 1. The van der Waals surface area contributed by atoms with Crippen molar-refractivity contribution in [2.24, 2.45) is 0 Å². The van der Waals surface area contributed by atoms with Crippen LogP contribution in [0, 0.1) is 0 Å². The lowest BCUT2D eigenvalue weighted by Crippen LogP contribution is -2.49. The molecule has 160 valence electrons. The maximum atomic E-state index is 12.9. The first-order valence-electron chi connectivity index (χ1n) is 11.0. The monoisotopic (exact) mass is 416 g/mol. The van der Waals surface area contributed by atoms with Crippen LogP contribution in [0.2, 0.25) is 0 Å². The van der Waals surface area contributed by atoms with Crippen molar-refractivity contribution in [3.63, 3.8) is 0 Å². The summed E-state index contributed by atoms with van der Waals surface area (Å²) in [7, 11) is 4.06. The number of anilines is 1. The molecule has 0 saturated carbocycles. The van der Waals surface area contributed by atoms with Gasteiger partial charge in [0.2, 0.25) is 5.91 Å². The van der Waals surface area contributed by atoms with Gasteiger partial charge >= 0.3 is 0 Å². The first-order valence-corrected chi connectivity index (χ1v) is 11.0. The van der Waals surface area contributed by atoms with Crippen molar-refractivity contribution in [2.45, 2.75) is 19.3 Å². The molecule has 3 aromatic rings. The molecule has 7 heteroatoms. The molecule has 0 unspecified atom stereocenters. The molecule has 31 heavy (non-hydrogen) atoms. The molecular weight excluding hydrogens is 388 g/mol. The molecule has 3 heterocycles. The van der Waals surface area contributed by atoms with Crippen LogP contribution in [0.4, 0.5) is 5.82 Å². The summed E-state index contributed by atoms with van der Waals surface area (Å²) in [6.07, 6.45) is 4.86. The quantitative estimate of drug-likeness (QED) is 0.651. The molecule has 7 nitrogen and oxygen atoms in total. The van der Waals surface area contributed by atoms with E-state index in [1.54, 1.807) is 0 Å². The zero-order valence-electron chi connectivity index (χ0n) is 18.2. The number of aryl methyl sites for hydroxylation is 1. The number of amides is 1. The van der Waals surface area contributed by atoms with E-state index in [2.05, 4.69) is 29.1 Å². The largest absolute Gasteiger partial charge is 0.350 e. The number of carbonyl (C=O) groups is 1. The molecular formula is C24H28N6O. The smallest absolute Gasteiger partial charge is 0.242 e. The summed E-state index contributed by atoms with van der Waals surface area (Å²) in [5, 5.41) is 2.22. The van der Waals surface area contributed by atoms with Gasteiger partial charge in [0.25, 0.3) is 0 Å². The van der Waals surface area contributed by atoms with E-state index in [1.165, 1.54) is 5.56 Å². The van der Waals surface area contributed by atoms with Crippen molar-refractivity contribution >= 4 is 22.5 Å². The molecule has 0 N–H and O–H groups in total. The topological polar surface area (TPSA) is 65.5 Å². The number of rotatable bonds is 4. The van der Waals surface area contributed by atoms with Crippen molar-refractivity contribution in [1.82, 2.24) is 24.8 Å². The Morgan fingerprint density at radius 3 is 2.65 bits per heavy atom. The summed E-state index contributed by atoms with van der Waals surface area (Å²) in [5.74, 6) is 1.67. The summed E-state index contributed by atoms with van der Waals surface area (Å²) in [6.45, 7) is 3.76. The van der Waals surface area contributed by atoms with E-state index < -0.39 is 0 Å². The van der Waals surface area contributed by atoms with E-state index in [9.17, 15) is 4.79 Å². The molecule has 2 aliphatic rings. The Labute approximate surface area is 182 Å². The Kier molecular flexibility index (Phi) is 5.28. The number of aromatic nitrogens is 3. The normalized spacial score (nSPS) is 16.5. The van der Waals surface area contributed by atoms with Gasteiger partial charge in [0.1, 0.15) is 11.5 Å². The summed E-state index contributed by atoms with van der Waals surface area (Å²) in [6, 6.07) is 10.2. The fourth-order valence-electron chi connectivity index (χ4n) is 4.48. The predicted octanol–water partition coefficient (Wildman–Crippen LogP) is 2.39. The average molecular weight is 417 g/mol. The Morgan fingerprint density at radius 2 is 1.84 bits per heavy atom. The number of hydrogen-bond donors (Lipinski definition) is 0. The van der Waals surface area contributed by atoms with E-state index >= 15 is 0 Å². The van der Waals surface area contributed by atoms with E-state index in [0.717, 1.165) is 73.4 Å². The van der Waals surface area contributed by atoms with Crippen LogP contribution in [0.3, 0.4) is 0 Å². The van der Waals surface area contributed by atoms with Gasteiger partial charge in [0, 0.05) is 56.1 Å². The molecule has 2 aromatic heterocycles. The molecule has 1 aromatic carbocycles. The van der Waals surface area contributed by atoms with Gasteiger partial charge in [0.15, 0.2) is 5.82 Å². The highest BCUT2D eigenvalue weighted by molar-refractivity contribution is 5.85. The van der Waals surface area contributed by atoms with E-state index in [0.29, 0.717) is 12.4 Å². The van der Waals surface area contributed by atoms with Gasteiger partial charge in [-0.05, 0) is 37.8 Å². The third kappa shape index (κ3) is 3.97. The van der Waals surface area contributed by atoms with E-state index in [4.69, 9.17) is 9.97 Å². The van der Waals surface area contributed by atoms with Crippen LogP contribution in [0.1, 0.15) is 17.7 Å². The number of pyridine rings is 1. The zero-order valence-corrected chi connectivity index (χ0v) is 18.2. The van der Waals surface area contributed by atoms with Crippen molar-refractivity contribution in [1.29, 1.82) is 0 Å². The van der Waals surface area contributed by atoms with Gasteiger partial charge in [-0.15, -0.1) is 0 Å². The number of likely N-dealkylation sites (N-methyl/N-ethyl adjacent to an activating group) is 2. The maximum absolute atomic E-state index is 12.9. The first kappa shape index (κ1) is 19.9. The van der Waals surface area contributed by atoms with Crippen LogP contribution in [0.15, 0.2) is 36.5 Å². The molecule has 1 saturated heterocycles. The molecule has 1 amide bonds. The molecule has 1 fully saturated rings. The highest BCUT2D eigenvalue weighted by Gasteiger charge is 2.25. The van der Waals surface area contributed by atoms with Gasteiger partial charge in [0.05, 0.1) is 6.54 Å². The Bertz CT molecular complexity index is 1120. The second-order valence-electron chi connectivity index (χ2n) is 8.61. The zero-order chi connectivity index (χ0) is 21.4. The van der Waals surface area contributed by atoms with Crippen molar-refractivity contribution < 1.29 is 4.79 Å². The molecule has 5 rings (SSSR count). The van der Waals surface area contributed by atoms with Gasteiger partial charge in [-0.25, -0.2) is 9.97 Å². The summed E-state index contributed by atoms with van der Waals surface area (Å²) in [4.78, 5) is 33.5. The second-order valence-corrected chi connectivity index (χ2v) is 8.61. The fraction of sp³-hybridized carbons (Fsp3) is 0.417. The van der Waals surface area contributed by atoms with Gasteiger partial charge in [-0.3, -0.25) is 9.78 Å². The average Bonchev–Trinajstić information content (AvgIpc) is 3.27. The van der Waals surface area contributed by atoms with E-state index in [-0.39, 0.29) is 5.91 Å². The van der Waals surface area contributed by atoms with Gasteiger partial charge in [-0.2, -0.15) is 0 Å². The van der Waals surface area contributed by atoms with Crippen LogP contribution >= 0.6 is 0 Å². The summed E-state index contributed by atoms with van der Waals surface area (Å²) >= 11 is 0. The number of carbonyl (C=O) groups excluding carboxylic acids is 1. The van der Waals surface area contributed by atoms with Gasteiger partial charge in [-0.1, -0.05) is 24.3 Å². The minimum Gasteiger partial charge on any atom is -0.350 e. The number of nitrogens with zero attached hydrogens (tertiary/aromatic N) is 6. The Morgan fingerprint density at radius 1 is 1.06 bits per heavy atom. The third-order valence-electron chi connectivity index (χ3n) is 6.36. The fourth-order valence-corrected chi connectivity index (χ4v) is 4.48. The number of hydrogen-bond acceptors (Lipinski definition) is 6. The third-order valence-corrected chi connectivity index (χ3v) is 6.36. The van der Waals surface area contributed by atoms with Crippen LogP contribution in [-0.2, 0) is 17.6 Å². The number of fused-ring (bicyclic) bond motifs is 2. The minimum atomic E-state index is 0.159. The lowest BCUT2D eigenvalue weighted by atomic mass is 10.1. The highest BCUT2D eigenvalue weighted by atomic mass is 16.2. The molecule has 0 radical (unpaired) electrons. The second kappa shape index (κ2) is 8.23. The van der Waals surface area contributed by atoms with Gasteiger partial charge < -0.3 is 14.7 Å². The maximum Gasteiger partial charge on any atom is 0.242 e. The van der Waals surface area contributed by atoms with Crippen molar-refractivity contribution in [3.05, 3.63) is 47.8 Å². The Balaban J connectivity index is 1.44. The van der Waals surface area contributed by atoms with E-state index in [1.807, 2.05) is 41.2 Å². The summed E-state index contributed by atoms with van der Waals surface area (Å²) in [5.41, 5.74) is 3.04. The minimum absolute atomic E-state index is 0.159.